The van der Waals surface area contributed by atoms with Crippen LogP contribution in [0, 0.1) is 13.8 Å². The first kappa shape index (κ1) is 14.8. The maximum atomic E-state index is 12.2. The Morgan fingerprint density at radius 3 is 2.38 bits per heavy atom. The van der Waals surface area contributed by atoms with Crippen LogP contribution in [0.4, 0.5) is 0 Å². The van der Waals surface area contributed by atoms with Crippen LogP contribution < -0.4 is 5.32 Å². The van der Waals surface area contributed by atoms with Crippen LogP contribution in [0.5, 0.6) is 0 Å². The van der Waals surface area contributed by atoms with Gasteiger partial charge in [-0.05, 0) is 26.0 Å². The van der Waals surface area contributed by atoms with Crippen LogP contribution >= 0.6 is 0 Å². The van der Waals surface area contributed by atoms with Crippen molar-refractivity contribution >= 4 is 11.9 Å². The fourth-order valence-corrected chi connectivity index (χ4v) is 2.20. The van der Waals surface area contributed by atoms with Crippen molar-refractivity contribution in [2.45, 2.75) is 20.4 Å². The number of aromatic carboxylic acids is 1. The van der Waals surface area contributed by atoms with E-state index < -0.39 is 11.9 Å². The fourth-order valence-electron chi connectivity index (χ4n) is 2.20. The third-order valence-electron chi connectivity index (χ3n) is 3.49. The highest BCUT2D eigenvalue weighted by molar-refractivity contribution is 6.04. The van der Waals surface area contributed by atoms with Crippen LogP contribution in [0.2, 0.25) is 0 Å². The molecular weight excluding hydrogens is 270 g/mol. The van der Waals surface area contributed by atoms with Crippen molar-refractivity contribution in [2.75, 3.05) is 0 Å². The summed E-state index contributed by atoms with van der Waals surface area (Å²) in [4.78, 5) is 23.3. The molecule has 2 aromatic rings. The number of carboxylic acid groups (broad SMARTS) is 1. The van der Waals surface area contributed by atoms with Gasteiger partial charge in [0.05, 0.1) is 16.8 Å². The molecule has 0 bridgehead atoms. The van der Waals surface area contributed by atoms with E-state index in [1.54, 1.807) is 16.8 Å². The Balaban J connectivity index is 2.18. The maximum absolute atomic E-state index is 12.2. The molecule has 0 spiro atoms. The molecule has 2 N–H and O–H groups in total. The predicted octanol–water partition coefficient (Wildman–Crippen LogP) is 1.67. The number of hydrogen-bond acceptors (Lipinski definition) is 3. The van der Waals surface area contributed by atoms with E-state index in [0.717, 1.165) is 17.0 Å². The van der Waals surface area contributed by atoms with E-state index in [1.807, 2.05) is 20.9 Å². The number of benzene rings is 1. The molecule has 0 aliphatic rings. The first-order chi connectivity index (χ1) is 9.91. The number of carbonyl (C=O) groups is 2. The van der Waals surface area contributed by atoms with E-state index >= 15 is 0 Å². The minimum absolute atomic E-state index is 0.00497. The second kappa shape index (κ2) is 5.78. The van der Waals surface area contributed by atoms with Crippen LogP contribution in [-0.4, -0.2) is 26.8 Å². The lowest BCUT2D eigenvalue weighted by Crippen LogP contribution is -2.25. The summed E-state index contributed by atoms with van der Waals surface area (Å²) in [5.74, 6) is -1.52. The number of nitrogens with zero attached hydrogens (tertiary/aromatic N) is 2. The number of carboxylic acids is 1. The van der Waals surface area contributed by atoms with E-state index in [-0.39, 0.29) is 11.1 Å². The molecule has 0 fully saturated rings. The molecule has 6 nitrogen and oxygen atoms in total. The molecule has 0 aliphatic carbocycles. The van der Waals surface area contributed by atoms with Gasteiger partial charge in [-0.1, -0.05) is 12.1 Å². The first-order valence-electron chi connectivity index (χ1n) is 6.51. The minimum atomic E-state index is -1.12. The quantitative estimate of drug-likeness (QED) is 0.895. The Hall–Kier alpha value is -2.63. The summed E-state index contributed by atoms with van der Waals surface area (Å²) in [5, 5.41) is 16.1. The Morgan fingerprint density at radius 1 is 1.24 bits per heavy atom. The fraction of sp³-hybridized carbons (Fsp3) is 0.267. The van der Waals surface area contributed by atoms with Crippen molar-refractivity contribution in [3.63, 3.8) is 0 Å². The Morgan fingerprint density at radius 2 is 1.86 bits per heavy atom. The lowest BCUT2D eigenvalue weighted by Gasteiger charge is -2.08. The van der Waals surface area contributed by atoms with E-state index in [9.17, 15) is 9.59 Å². The van der Waals surface area contributed by atoms with E-state index in [2.05, 4.69) is 10.4 Å². The predicted molar refractivity (Wildman–Crippen MR) is 77.3 cm³/mol. The summed E-state index contributed by atoms with van der Waals surface area (Å²) in [7, 11) is 1.84. The number of amides is 1. The molecule has 1 amide bonds. The highest BCUT2D eigenvalue weighted by Crippen LogP contribution is 2.13. The van der Waals surface area contributed by atoms with Gasteiger partial charge in [-0.3, -0.25) is 9.48 Å². The molecular formula is C15H17N3O3. The monoisotopic (exact) mass is 287 g/mol. The number of nitrogens with one attached hydrogen (secondary N) is 1. The summed E-state index contributed by atoms with van der Waals surface area (Å²) < 4.78 is 1.75. The normalized spacial score (nSPS) is 10.4. The lowest BCUT2D eigenvalue weighted by atomic mass is 10.1. The zero-order chi connectivity index (χ0) is 15.6. The van der Waals surface area contributed by atoms with Gasteiger partial charge in [0.2, 0.25) is 0 Å². The molecule has 21 heavy (non-hydrogen) atoms. The molecule has 1 aromatic carbocycles. The number of rotatable bonds is 4. The summed E-state index contributed by atoms with van der Waals surface area (Å²) in [6, 6.07) is 6.15. The van der Waals surface area contributed by atoms with Gasteiger partial charge in [-0.2, -0.15) is 5.10 Å². The van der Waals surface area contributed by atoms with Gasteiger partial charge in [-0.15, -0.1) is 0 Å². The van der Waals surface area contributed by atoms with Gasteiger partial charge < -0.3 is 10.4 Å². The van der Waals surface area contributed by atoms with Gasteiger partial charge in [0.1, 0.15) is 0 Å². The first-order valence-corrected chi connectivity index (χ1v) is 6.51. The topological polar surface area (TPSA) is 84.2 Å². The van der Waals surface area contributed by atoms with Crippen molar-refractivity contribution < 1.29 is 14.7 Å². The number of aromatic nitrogens is 2. The SMILES string of the molecule is Cc1nn(C)c(C)c1CNC(=O)c1ccccc1C(=O)O. The zero-order valence-electron chi connectivity index (χ0n) is 12.2. The molecule has 2 rings (SSSR count). The minimum Gasteiger partial charge on any atom is -0.478 e. The molecule has 0 saturated heterocycles. The molecule has 0 aliphatic heterocycles. The molecule has 110 valence electrons. The second-order valence-corrected chi connectivity index (χ2v) is 4.81. The standard InChI is InChI=1S/C15H17N3O3/c1-9-13(10(2)18(3)17-9)8-16-14(19)11-6-4-5-7-12(11)15(20)21/h4-7H,8H2,1-3H3,(H,16,19)(H,20,21). The number of hydrogen-bond donors (Lipinski definition) is 2. The van der Waals surface area contributed by atoms with Gasteiger partial charge in [0, 0.05) is 24.8 Å². The molecule has 1 aromatic heterocycles. The van der Waals surface area contributed by atoms with Crippen LogP contribution in [0.3, 0.4) is 0 Å². The van der Waals surface area contributed by atoms with Crippen molar-refractivity contribution in [3.8, 4) is 0 Å². The average Bonchev–Trinajstić information content (AvgIpc) is 2.70. The van der Waals surface area contributed by atoms with Crippen LogP contribution in [0.1, 0.15) is 37.7 Å². The van der Waals surface area contributed by atoms with Crippen molar-refractivity contribution in [3.05, 3.63) is 52.3 Å². The second-order valence-electron chi connectivity index (χ2n) is 4.81. The van der Waals surface area contributed by atoms with E-state index in [0.29, 0.717) is 6.54 Å². The molecule has 0 atom stereocenters. The largest absolute Gasteiger partial charge is 0.478 e. The molecule has 1 heterocycles. The van der Waals surface area contributed by atoms with E-state index in [1.165, 1.54) is 12.1 Å². The third-order valence-corrected chi connectivity index (χ3v) is 3.49. The van der Waals surface area contributed by atoms with Crippen LogP contribution in [0.25, 0.3) is 0 Å². The van der Waals surface area contributed by atoms with Gasteiger partial charge in [0.25, 0.3) is 5.91 Å². The van der Waals surface area contributed by atoms with Crippen LogP contribution in [0.15, 0.2) is 24.3 Å². The average molecular weight is 287 g/mol. The highest BCUT2D eigenvalue weighted by Gasteiger charge is 2.16. The van der Waals surface area contributed by atoms with Gasteiger partial charge >= 0.3 is 5.97 Å². The molecule has 0 unspecified atom stereocenters. The van der Waals surface area contributed by atoms with Gasteiger partial charge in [0.15, 0.2) is 0 Å². The summed E-state index contributed by atoms with van der Waals surface area (Å²) in [6.45, 7) is 4.12. The third kappa shape index (κ3) is 2.94. The van der Waals surface area contributed by atoms with Crippen LogP contribution in [-0.2, 0) is 13.6 Å². The summed E-state index contributed by atoms with van der Waals surface area (Å²) in [6.07, 6.45) is 0. The van der Waals surface area contributed by atoms with Crippen molar-refractivity contribution in [1.29, 1.82) is 0 Å². The highest BCUT2D eigenvalue weighted by atomic mass is 16.4. The smallest absolute Gasteiger partial charge is 0.336 e. The number of carbonyl (C=O) groups excluding carboxylic acids is 1. The molecule has 0 saturated carbocycles. The maximum Gasteiger partial charge on any atom is 0.336 e. The van der Waals surface area contributed by atoms with Gasteiger partial charge in [-0.25, -0.2) is 4.79 Å². The van der Waals surface area contributed by atoms with Crippen molar-refractivity contribution in [1.82, 2.24) is 15.1 Å². The molecule has 6 heteroatoms. The van der Waals surface area contributed by atoms with Crippen molar-refractivity contribution in [2.24, 2.45) is 7.05 Å². The van der Waals surface area contributed by atoms with E-state index in [4.69, 9.17) is 5.11 Å². The lowest BCUT2D eigenvalue weighted by molar-refractivity contribution is 0.0691. The Bertz CT molecular complexity index is 704. The zero-order valence-corrected chi connectivity index (χ0v) is 12.2. The summed E-state index contributed by atoms with van der Waals surface area (Å²) in [5.41, 5.74) is 2.92. The number of aryl methyl sites for hydroxylation is 2. The Kier molecular flexibility index (Phi) is 4.07. The molecule has 0 radical (unpaired) electrons. The summed E-state index contributed by atoms with van der Waals surface area (Å²) >= 11 is 0. The Labute approximate surface area is 122 Å².